The molecule has 2 aliphatic heterocycles. The summed E-state index contributed by atoms with van der Waals surface area (Å²) in [6.45, 7) is 3.46. The highest BCUT2D eigenvalue weighted by Gasteiger charge is 2.37. The molecule has 0 bridgehead atoms. The van der Waals surface area contributed by atoms with Gasteiger partial charge in [-0.25, -0.2) is 9.97 Å². The van der Waals surface area contributed by atoms with Crippen LogP contribution in [0.5, 0.6) is 0 Å². The molecule has 3 aromatic rings. The normalized spacial score (nSPS) is 19.2. The Kier molecular flexibility index (Phi) is 5.55. The first kappa shape index (κ1) is 19.9. The lowest BCUT2D eigenvalue weighted by Crippen LogP contribution is -2.54. The van der Waals surface area contributed by atoms with E-state index in [1.165, 1.54) is 0 Å². The van der Waals surface area contributed by atoms with Crippen molar-refractivity contribution in [3.8, 4) is 0 Å². The van der Waals surface area contributed by atoms with Gasteiger partial charge < -0.3 is 14.7 Å². The second-order valence-corrected chi connectivity index (χ2v) is 9.00. The summed E-state index contributed by atoms with van der Waals surface area (Å²) >= 11 is 1.59. The Morgan fingerprint density at radius 1 is 1.00 bits per heavy atom. The summed E-state index contributed by atoms with van der Waals surface area (Å²) in [6, 6.07) is 13.3. The van der Waals surface area contributed by atoms with Gasteiger partial charge in [-0.1, -0.05) is 41.7 Å². The maximum absolute atomic E-state index is 13.2. The fourth-order valence-electron chi connectivity index (χ4n) is 4.42. The molecule has 160 valence electrons. The van der Waals surface area contributed by atoms with E-state index >= 15 is 0 Å². The Bertz CT molecular complexity index is 1040. The Labute approximate surface area is 185 Å². The molecular weight excluding hydrogens is 410 g/mol. The first-order valence-corrected chi connectivity index (χ1v) is 11.6. The van der Waals surface area contributed by atoms with Crippen molar-refractivity contribution in [1.29, 1.82) is 0 Å². The van der Waals surface area contributed by atoms with Gasteiger partial charge in [0.15, 0.2) is 5.13 Å². The largest absolute Gasteiger partial charge is 0.344 e. The number of carbonyl (C=O) groups excluding carboxylic acids is 2. The van der Waals surface area contributed by atoms with Gasteiger partial charge >= 0.3 is 0 Å². The van der Waals surface area contributed by atoms with Crippen LogP contribution in [0.25, 0.3) is 10.3 Å². The Balaban J connectivity index is 1.20. The zero-order chi connectivity index (χ0) is 21.2. The third kappa shape index (κ3) is 4.12. The number of anilines is 1. The van der Waals surface area contributed by atoms with Crippen LogP contribution in [-0.2, 0) is 16.0 Å². The number of rotatable bonds is 4. The van der Waals surface area contributed by atoms with Crippen molar-refractivity contribution in [1.82, 2.24) is 19.8 Å². The number of thiazole rings is 1. The van der Waals surface area contributed by atoms with Crippen LogP contribution in [-0.4, -0.2) is 70.3 Å². The second kappa shape index (κ2) is 8.63. The zero-order valence-corrected chi connectivity index (χ0v) is 18.1. The summed E-state index contributed by atoms with van der Waals surface area (Å²) in [5.74, 6) is 0.132. The molecule has 0 aliphatic carbocycles. The molecule has 8 heteroatoms. The van der Waals surface area contributed by atoms with Crippen LogP contribution in [0.1, 0.15) is 18.4 Å². The molecule has 2 saturated heterocycles. The van der Waals surface area contributed by atoms with Crippen molar-refractivity contribution in [3.63, 3.8) is 0 Å². The molecule has 0 radical (unpaired) electrons. The lowest BCUT2D eigenvalue weighted by molar-refractivity contribution is -0.143. The number of nitrogens with zero attached hydrogens (tertiary/aromatic N) is 5. The van der Waals surface area contributed by atoms with E-state index in [0.29, 0.717) is 26.1 Å². The van der Waals surface area contributed by atoms with Gasteiger partial charge in [0.1, 0.15) is 16.4 Å². The number of hydrogen-bond donors (Lipinski definition) is 0. The van der Waals surface area contributed by atoms with E-state index < -0.39 is 0 Å². The van der Waals surface area contributed by atoms with E-state index in [4.69, 9.17) is 0 Å². The van der Waals surface area contributed by atoms with Gasteiger partial charge in [-0.2, -0.15) is 0 Å². The molecule has 4 heterocycles. The average molecular weight is 436 g/mol. The fourth-order valence-corrected chi connectivity index (χ4v) is 5.38. The van der Waals surface area contributed by atoms with Gasteiger partial charge in [-0.15, -0.1) is 0 Å². The Morgan fingerprint density at radius 2 is 1.81 bits per heavy atom. The third-order valence-electron chi connectivity index (χ3n) is 6.07. The van der Waals surface area contributed by atoms with E-state index in [1.807, 2.05) is 47.4 Å². The van der Waals surface area contributed by atoms with Gasteiger partial charge in [0.05, 0.1) is 6.42 Å². The van der Waals surface area contributed by atoms with Crippen molar-refractivity contribution in [2.24, 2.45) is 0 Å². The molecule has 1 aromatic carbocycles. The topological polar surface area (TPSA) is 69.6 Å². The highest BCUT2D eigenvalue weighted by molar-refractivity contribution is 7.21. The quantitative estimate of drug-likeness (QED) is 0.630. The predicted octanol–water partition coefficient (Wildman–Crippen LogP) is 2.57. The molecule has 2 fully saturated rings. The molecule has 1 atom stereocenters. The number of pyridine rings is 1. The molecule has 7 nitrogen and oxygen atoms in total. The van der Waals surface area contributed by atoms with Crippen LogP contribution >= 0.6 is 11.3 Å². The maximum atomic E-state index is 13.2. The molecule has 0 N–H and O–H groups in total. The lowest BCUT2D eigenvalue weighted by Gasteiger charge is -2.37. The minimum absolute atomic E-state index is 0.0441. The SMILES string of the molecule is O=C(C1CCCN1C(=O)Cc1ccccc1)N1CCN(c2nc3cccnc3s2)CC1. The number of hydrogen-bond acceptors (Lipinski definition) is 6. The first-order valence-electron chi connectivity index (χ1n) is 10.8. The molecule has 1 unspecified atom stereocenters. The van der Waals surface area contributed by atoms with Crippen LogP contribution in [0, 0.1) is 0 Å². The number of piperazine rings is 1. The van der Waals surface area contributed by atoms with Crippen LogP contribution in [0.15, 0.2) is 48.7 Å². The Hall–Kier alpha value is -3.00. The number of amides is 2. The summed E-state index contributed by atoms with van der Waals surface area (Å²) < 4.78 is 0. The smallest absolute Gasteiger partial charge is 0.245 e. The summed E-state index contributed by atoms with van der Waals surface area (Å²) in [4.78, 5) is 42.0. The van der Waals surface area contributed by atoms with Crippen LogP contribution < -0.4 is 4.90 Å². The molecule has 5 rings (SSSR count). The van der Waals surface area contributed by atoms with Gasteiger partial charge in [0.25, 0.3) is 0 Å². The molecule has 0 saturated carbocycles. The summed E-state index contributed by atoms with van der Waals surface area (Å²) in [5.41, 5.74) is 1.91. The second-order valence-electron chi connectivity index (χ2n) is 8.04. The van der Waals surface area contributed by atoms with Crippen molar-refractivity contribution in [2.75, 3.05) is 37.6 Å². The minimum Gasteiger partial charge on any atom is -0.344 e. The first-order chi connectivity index (χ1) is 15.2. The molecule has 0 spiro atoms. The number of aromatic nitrogens is 2. The van der Waals surface area contributed by atoms with Gasteiger partial charge in [-0.3, -0.25) is 9.59 Å². The predicted molar refractivity (Wildman–Crippen MR) is 121 cm³/mol. The van der Waals surface area contributed by atoms with Crippen LogP contribution in [0.3, 0.4) is 0 Å². The fraction of sp³-hybridized carbons (Fsp3) is 0.391. The van der Waals surface area contributed by atoms with E-state index in [2.05, 4.69) is 14.9 Å². The molecule has 2 aromatic heterocycles. The molecule has 31 heavy (non-hydrogen) atoms. The van der Waals surface area contributed by atoms with Crippen molar-refractivity contribution < 1.29 is 9.59 Å². The van der Waals surface area contributed by atoms with E-state index in [9.17, 15) is 9.59 Å². The highest BCUT2D eigenvalue weighted by Crippen LogP contribution is 2.28. The van der Waals surface area contributed by atoms with Crippen LogP contribution in [0.2, 0.25) is 0 Å². The standard InChI is InChI=1S/C23H25N5O2S/c29-20(16-17-6-2-1-3-7-17)28-11-5-9-19(28)22(30)26-12-14-27(15-13-26)23-25-18-8-4-10-24-21(18)31-23/h1-4,6-8,10,19H,5,9,11-16H2. The van der Waals surface area contributed by atoms with Crippen molar-refractivity contribution >= 4 is 38.6 Å². The van der Waals surface area contributed by atoms with Gasteiger partial charge in [0.2, 0.25) is 11.8 Å². The number of likely N-dealkylation sites (tertiary alicyclic amines) is 1. The number of fused-ring (bicyclic) bond motifs is 1. The minimum atomic E-state index is -0.325. The van der Waals surface area contributed by atoms with E-state index in [0.717, 1.165) is 47.0 Å². The molecular formula is C23H25N5O2S. The zero-order valence-electron chi connectivity index (χ0n) is 17.3. The molecule has 2 aliphatic rings. The van der Waals surface area contributed by atoms with Crippen LogP contribution in [0.4, 0.5) is 5.13 Å². The van der Waals surface area contributed by atoms with Gasteiger partial charge in [-0.05, 0) is 30.5 Å². The van der Waals surface area contributed by atoms with Crippen molar-refractivity contribution in [2.45, 2.75) is 25.3 Å². The van der Waals surface area contributed by atoms with Crippen molar-refractivity contribution in [3.05, 3.63) is 54.2 Å². The van der Waals surface area contributed by atoms with E-state index in [1.54, 1.807) is 22.4 Å². The highest BCUT2D eigenvalue weighted by atomic mass is 32.1. The summed E-state index contributed by atoms with van der Waals surface area (Å²) in [5, 5.41) is 0.960. The Morgan fingerprint density at radius 3 is 2.58 bits per heavy atom. The maximum Gasteiger partial charge on any atom is 0.245 e. The third-order valence-corrected chi connectivity index (χ3v) is 7.11. The summed E-state index contributed by atoms with van der Waals surface area (Å²) in [6.07, 6.45) is 3.77. The monoisotopic (exact) mass is 435 g/mol. The number of benzene rings is 1. The molecule has 2 amide bonds. The van der Waals surface area contributed by atoms with Gasteiger partial charge in [0, 0.05) is 38.9 Å². The summed E-state index contributed by atoms with van der Waals surface area (Å²) in [7, 11) is 0. The average Bonchev–Trinajstić information content (AvgIpc) is 3.47. The van der Waals surface area contributed by atoms with E-state index in [-0.39, 0.29) is 17.9 Å². The number of carbonyl (C=O) groups is 2. The lowest BCUT2D eigenvalue weighted by atomic mass is 10.1.